The predicted molar refractivity (Wildman–Crippen MR) is 155 cm³/mol. The maximum Gasteiger partial charge on any atom is 0.341 e. The predicted octanol–water partition coefficient (Wildman–Crippen LogP) is 4.29. The van der Waals surface area contributed by atoms with Crippen LogP contribution >= 0.6 is 0 Å². The maximum atomic E-state index is 12.6. The molecular formula is C29H35N7O3. The third-order valence-electron chi connectivity index (χ3n) is 7.51. The normalized spacial score (nSPS) is 15.5. The van der Waals surface area contributed by atoms with Gasteiger partial charge in [0.15, 0.2) is 0 Å². The number of esters is 1. The number of nitrogens with zero attached hydrogens (tertiary/aromatic N) is 5. The van der Waals surface area contributed by atoms with Crippen LogP contribution in [0.3, 0.4) is 0 Å². The Hall–Kier alpha value is -4.31. The number of carbonyl (C=O) groups is 1. The highest BCUT2D eigenvalue weighted by Gasteiger charge is 2.24. The van der Waals surface area contributed by atoms with Crippen LogP contribution in [0.15, 0.2) is 48.8 Å². The molecule has 10 nitrogen and oxygen atoms in total. The zero-order valence-corrected chi connectivity index (χ0v) is 23.1. The molecule has 1 fully saturated rings. The zero-order chi connectivity index (χ0) is 27.7. The van der Waals surface area contributed by atoms with Crippen molar-refractivity contribution in [2.45, 2.75) is 18.9 Å². The second-order valence-electron chi connectivity index (χ2n) is 10.0. The lowest BCUT2D eigenvalue weighted by atomic mass is 10.1. The van der Waals surface area contributed by atoms with Gasteiger partial charge in [0.2, 0.25) is 5.95 Å². The average Bonchev–Trinajstić information content (AvgIpc) is 3.50. The third kappa shape index (κ3) is 5.07. The van der Waals surface area contributed by atoms with E-state index >= 15 is 0 Å². The SMILES string of the molecule is COC(=O)c1cnc(Nc2cc(N)c(N(C)CC3CCCN3C)cc2OC)nc1-c1cn(C)c2ccccc12. The van der Waals surface area contributed by atoms with Gasteiger partial charge in [0.05, 0.1) is 37.0 Å². The number of aromatic nitrogens is 3. The first kappa shape index (κ1) is 26.3. The quantitative estimate of drug-likeness (QED) is 0.255. The number of ether oxygens (including phenoxy) is 2. The van der Waals surface area contributed by atoms with E-state index in [4.69, 9.17) is 20.2 Å². The number of rotatable bonds is 8. The Morgan fingerprint density at radius 2 is 2.03 bits per heavy atom. The van der Waals surface area contributed by atoms with Crippen LogP contribution in [0.4, 0.5) is 23.0 Å². The fourth-order valence-electron chi connectivity index (χ4n) is 5.36. The number of methoxy groups -OCH3 is 2. The molecule has 1 unspecified atom stereocenters. The van der Waals surface area contributed by atoms with Crippen LogP contribution in [0.25, 0.3) is 22.2 Å². The molecule has 0 aliphatic carbocycles. The molecule has 0 saturated carbocycles. The first-order valence-electron chi connectivity index (χ1n) is 13.0. The number of nitrogens with two attached hydrogens (primary N) is 1. The van der Waals surface area contributed by atoms with Crippen molar-refractivity contribution in [2.24, 2.45) is 7.05 Å². The Labute approximate surface area is 228 Å². The van der Waals surface area contributed by atoms with Crippen molar-refractivity contribution in [1.82, 2.24) is 19.4 Å². The molecule has 2 aromatic heterocycles. The molecule has 0 spiro atoms. The number of fused-ring (bicyclic) bond motifs is 1. The summed E-state index contributed by atoms with van der Waals surface area (Å²) in [6.45, 7) is 2.00. The zero-order valence-electron chi connectivity index (χ0n) is 23.1. The summed E-state index contributed by atoms with van der Waals surface area (Å²) in [6.07, 6.45) is 5.82. The molecule has 0 bridgehead atoms. The van der Waals surface area contributed by atoms with Crippen molar-refractivity contribution in [2.75, 3.05) is 57.4 Å². The van der Waals surface area contributed by atoms with E-state index < -0.39 is 5.97 Å². The van der Waals surface area contributed by atoms with Crippen LogP contribution in [-0.2, 0) is 11.8 Å². The highest BCUT2D eigenvalue weighted by atomic mass is 16.5. The number of benzene rings is 2. The molecule has 5 rings (SSSR count). The van der Waals surface area contributed by atoms with Crippen molar-refractivity contribution in [1.29, 1.82) is 0 Å². The smallest absolute Gasteiger partial charge is 0.341 e. The van der Waals surface area contributed by atoms with E-state index in [1.165, 1.54) is 26.1 Å². The molecule has 39 heavy (non-hydrogen) atoms. The topological polar surface area (TPSA) is 111 Å². The molecule has 1 saturated heterocycles. The van der Waals surface area contributed by atoms with Gasteiger partial charge in [-0.1, -0.05) is 18.2 Å². The van der Waals surface area contributed by atoms with Crippen molar-refractivity contribution in [3.63, 3.8) is 0 Å². The lowest BCUT2D eigenvalue weighted by Gasteiger charge is -2.29. The summed E-state index contributed by atoms with van der Waals surface area (Å²) in [7, 11) is 9.14. The number of hydrogen-bond acceptors (Lipinski definition) is 9. The Morgan fingerprint density at radius 1 is 1.23 bits per heavy atom. The number of likely N-dealkylation sites (tertiary alicyclic amines) is 1. The highest BCUT2D eigenvalue weighted by Crippen LogP contribution is 2.37. The van der Waals surface area contributed by atoms with Gasteiger partial charge in [-0.05, 0) is 38.6 Å². The van der Waals surface area contributed by atoms with E-state index in [0.717, 1.165) is 35.2 Å². The summed E-state index contributed by atoms with van der Waals surface area (Å²) in [5.74, 6) is 0.404. The molecule has 4 aromatic rings. The van der Waals surface area contributed by atoms with Gasteiger partial charge in [0.1, 0.15) is 11.3 Å². The first-order valence-corrected chi connectivity index (χ1v) is 13.0. The highest BCUT2D eigenvalue weighted by molar-refractivity contribution is 6.03. The minimum atomic E-state index is -0.508. The average molecular weight is 530 g/mol. The van der Waals surface area contributed by atoms with Gasteiger partial charge in [-0.2, -0.15) is 0 Å². The van der Waals surface area contributed by atoms with Crippen molar-refractivity contribution >= 4 is 39.9 Å². The fraction of sp³-hybridized carbons (Fsp3) is 0.345. The number of hydrogen-bond donors (Lipinski definition) is 2. The number of likely N-dealkylation sites (N-methyl/N-ethyl adjacent to an activating group) is 2. The number of anilines is 4. The van der Waals surface area contributed by atoms with Gasteiger partial charge in [0, 0.05) is 61.6 Å². The van der Waals surface area contributed by atoms with E-state index in [0.29, 0.717) is 34.8 Å². The lowest BCUT2D eigenvalue weighted by molar-refractivity contribution is 0.0601. The van der Waals surface area contributed by atoms with E-state index in [1.807, 2.05) is 54.2 Å². The number of carbonyl (C=O) groups excluding carboxylic acids is 1. The Morgan fingerprint density at radius 3 is 2.74 bits per heavy atom. The Balaban J connectivity index is 1.50. The number of para-hydroxylation sites is 1. The van der Waals surface area contributed by atoms with Crippen molar-refractivity contribution < 1.29 is 14.3 Å². The number of aryl methyl sites for hydroxylation is 1. The van der Waals surface area contributed by atoms with Crippen LogP contribution in [0.5, 0.6) is 5.75 Å². The van der Waals surface area contributed by atoms with Crippen molar-refractivity contribution in [3.8, 4) is 17.0 Å². The third-order valence-corrected chi connectivity index (χ3v) is 7.51. The minimum Gasteiger partial charge on any atom is -0.494 e. The molecule has 2 aromatic carbocycles. The minimum absolute atomic E-state index is 0.278. The summed E-state index contributed by atoms with van der Waals surface area (Å²) in [5, 5.41) is 4.22. The molecule has 204 valence electrons. The maximum absolute atomic E-state index is 12.6. The van der Waals surface area contributed by atoms with Crippen LogP contribution in [0.1, 0.15) is 23.2 Å². The monoisotopic (exact) mass is 529 g/mol. The summed E-state index contributed by atoms with van der Waals surface area (Å²) < 4.78 is 12.8. The fourth-order valence-corrected chi connectivity index (χ4v) is 5.36. The number of nitrogen functional groups attached to an aromatic ring is 1. The summed E-state index contributed by atoms with van der Waals surface area (Å²) in [5.41, 5.74) is 11.2. The first-order chi connectivity index (χ1) is 18.8. The van der Waals surface area contributed by atoms with E-state index in [-0.39, 0.29) is 5.56 Å². The van der Waals surface area contributed by atoms with Crippen LogP contribution in [0.2, 0.25) is 0 Å². The van der Waals surface area contributed by atoms with Crippen LogP contribution in [-0.4, -0.2) is 72.9 Å². The summed E-state index contributed by atoms with van der Waals surface area (Å²) >= 11 is 0. The van der Waals surface area contributed by atoms with Gasteiger partial charge >= 0.3 is 5.97 Å². The standard InChI is InChI=1S/C29H35N7O3/c1-34-12-8-9-18(34)16-35(2)25-14-26(38-4)23(13-22(25)30)32-29-31-15-20(28(37)39-5)27(33-29)21-17-36(3)24-11-7-6-10-19(21)24/h6-7,10-11,13-15,17-18H,8-9,12,16,30H2,1-5H3,(H,31,32,33). The number of nitrogens with one attached hydrogen (secondary N) is 1. The van der Waals surface area contributed by atoms with Gasteiger partial charge in [-0.15, -0.1) is 0 Å². The molecule has 1 atom stereocenters. The van der Waals surface area contributed by atoms with Gasteiger partial charge in [0.25, 0.3) is 0 Å². The van der Waals surface area contributed by atoms with Crippen molar-refractivity contribution in [3.05, 3.63) is 54.4 Å². The molecule has 3 heterocycles. The molecule has 10 heteroatoms. The van der Waals surface area contributed by atoms with E-state index in [1.54, 1.807) is 7.11 Å². The molecular weight excluding hydrogens is 494 g/mol. The Kier molecular flexibility index (Phi) is 7.30. The van der Waals surface area contributed by atoms with Crippen LogP contribution in [0, 0.1) is 0 Å². The molecule has 3 N–H and O–H groups in total. The summed E-state index contributed by atoms with van der Waals surface area (Å²) in [4.78, 5) is 26.4. The summed E-state index contributed by atoms with van der Waals surface area (Å²) in [6, 6.07) is 12.2. The Bertz CT molecular complexity index is 1520. The van der Waals surface area contributed by atoms with Gasteiger partial charge in [-0.25, -0.2) is 14.8 Å². The molecule has 0 radical (unpaired) electrons. The van der Waals surface area contributed by atoms with E-state index in [2.05, 4.69) is 34.2 Å². The molecule has 1 aliphatic heterocycles. The second kappa shape index (κ2) is 10.8. The molecule has 0 amide bonds. The lowest BCUT2D eigenvalue weighted by Crippen LogP contribution is -2.36. The second-order valence-corrected chi connectivity index (χ2v) is 10.0. The van der Waals surface area contributed by atoms with Gasteiger partial charge in [-0.3, -0.25) is 0 Å². The van der Waals surface area contributed by atoms with E-state index in [9.17, 15) is 4.79 Å². The largest absolute Gasteiger partial charge is 0.494 e. The van der Waals surface area contributed by atoms with Gasteiger partial charge < -0.3 is 34.9 Å². The van der Waals surface area contributed by atoms with Crippen LogP contribution < -0.4 is 20.7 Å². The molecule has 1 aliphatic rings.